The maximum atomic E-state index is 5.66. The van der Waals surface area contributed by atoms with Crippen LogP contribution in [-0.2, 0) is 0 Å². The third kappa shape index (κ3) is 1.59. The fourth-order valence-corrected chi connectivity index (χ4v) is 1.52. The Balaban J connectivity index is 2.42. The zero-order valence-electron chi connectivity index (χ0n) is 8.12. The normalized spacial score (nSPS) is 15.8. The van der Waals surface area contributed by atoms with Crippen LogP contribution in [0.1, 0.15) is 24.5 Å². The number of anilines is 2. The highest BCUT2D eigenvalue weighted by molar-refractivity contribution is 5.55. The van der Waals surface area contributed by atoms with Gasteiger partial charge in [0.05, 0.1) is 11.4 Å². The molecule has 0 unspecified atom stereocenters. The highest BCUT2D eigenvalue weighted by Crippen LogP contribution is 2.43. The molecule has 0 spiro atoms. The van der Waals surface area contributed by atoms with Gasteiger partial charge in [-0.05, 0) is 25.0 Å². The lowest BCUT2D eigenvalue weighted by atomic mass is 10.2. The highest BCUT2D eigenvalue weighted by Gasteiger charge is 2.28. The number of hydrogen-bond donors (Lipinski definition) is 1. The minimum Gasteiger partial charge on any atom is -0.384 e. The highest BCUT2D eigenvalue weighted by atomic mass is 15.1. The molecule has 1 heterocycles. The molecule has 1 aliphatic carbocycles. The van der Waals surface area contributed by atoms with Gasteiger partial charge in [-0.25, -0.2) is 4.98 Å². The quantitative estimate of drug-likeness (QED) is 0.746. The van der Waals surface area contributed by atoms with E-state index in [0.29, 0.717) is 11.7 Å². The summed E-state index contributed by atoms with van der Waals surface area (Å²) in [4.78, 5) is 6.49. The summed E-state index contributed by atoms with van der Waals surface area (Å²) in [7, 11) is 4.08. The molecule has 3 heteroatoms. The van der Waals surface area contributed by atoms with Gasteiger partial charge >= 0.3 is 0 Å². The van der Waals surface area contributed by atoms with Gasteiger partial charge in [-0.1, -0.05) is 0 Å². The van der Waals surface area contributed by atoms with Crippen molar-refractivity contribution >= 4 is 11.5 Å². The largest absolute Gasteiger partial charge is 0.384 e. The van der Waals surface area contributed by atoms with Gasteiger partial charge in [0.15, 0.2) is 0 Å². The molecule has 1 aliphatic rings. The third-order valence-electron chi connectivity index (χ3n) is 2.37. The van der Waals surface area contributed by atoms with Crippen LogP contribution in [0.4, 0.5) is 11.5 Å². The number of nitrogen functional groups attached to an aromatic ring is 1. The van der Waals surface area contributed by atoms with Crippen LogP contribution in [0.2, 0.25) is 0 Å². The van der Waals surface area contributed by atoms with Crippen molar-refractivity contribution in [2.24, 2.45) is 0 Å². The predicted molar refractivity (Wildman–Crippen MR) is 55.0 cm³/mol. The smallest absolute Gasteiger partial charge is 0.123 e. The second-order valence-electron chi connectivity index (χ2n) is 3.81. The van der Waals surface area contributed by atoms with Crippen LogP contribution in [-0.4, -0.2) is 19.1 Å². The van der Waals surface area contributed by atoms with E-state index in [1.54, 1.807) is 0 Å². The van der Waals surface area contributed by atoms with Crippen molar-refractivity contribution in [1.82, 2.24) is 4.98 Å². The summed E-state index contributed by atoms with van der Waals surface area (Å²) < 4.78 is 0. The van der Waals surface area contributed by atoms with Crippen LogP contribution in [0.15, 0.2) is 12.1 Å². The van der Waals surface area contributed by atoms with Crippen LogP contribution in [0.25, 0.3) is 0 Å². The Hall–Kier alpha value is -1.25. The van der Waals surface area contributed by atoms with E-state index in [9.17, 15) is 0 Å². The maximum absolute atomic E-state index is 5.66. The minimum absolute atomic E-state index is 0.632. The summed E-state index contributed by atoms with van der Waals surface area (Å²) >= 11 is 0. The van der Waals surface area contributed by atoms with Crippen molar-refractivity contribution in [1.29, 1.82) is 0 Å². The molecule has 0 bridgehead atoms. The summed E-state index contributed by atoms with van der Waals surface area (Å²) in [5, 5.41) is 0. The summed E-state index contributed by atoms with van der Waals surface area (Å²) in [6, 6.07) is 3.91. The molecule has 70 valence electrons. The SMILES string of the molecule is CN(C)c1ccc(N)nc1C1CC1. The molecular weight excluding hydrogens is 162 g/mol. The van der Waals surface area contributed by atoms with Crippen molar-refractivity contribution in [2.45, 2.75) is 18.8 Å². The summed E-state index contributed by atoms with van der Waals surface area (Å²) in [6.07, 6.45) is 2.52. The van der Waals surface area contributed by atoms with E-state index in [1.165, 1.54) is 24.2 Å². The van der Waals surface area contributed by atoms with E-state index in [2.05, 4.69) is 16.0 Å². The lowest BCUT2D eigenvalue weighted by Crippen LogP contribution is -2.12. The fraction of sp³-hybridized carbons (Fsp3) is 0.500. The molecule has 1 fully saturated rings. The van der Waals surface area contributed by atoms with Crippen molar-refractivity contribution in [2.75, 3.05) is 24.7 Å². The molecule has 2 N–H and O–H groups in total. The van der Waals surface area contributed by atoms with Gasteiger partial charge < -0.3 is 10.6 Å². The van der Waals surface area contributed by atoms with Crippen LogP contribution >= 0.6 is 0 Å². The number of pyridine rings is 1. The predicted octanol–water partition coefficient (Wildman–Crippen LogP) is 1.61. The van der Waals surface area contributed by atoms with Gasteiger partial charge in [0.1, 0.15) is 5.82 Å². The molecule has 0 saturated heterocycles. The average Bonchev–Trinajstić information content (AvgIpc) is 2.85. The van der Waals surface area contributed by atoms with Crippen LogP contribution in [0.3, 0.4) is 0 Å². The molecule has 1 saturated carbocycles. The summed E-state index contributed by atoms with van der Waals surface area (Å²) in [6.45, 7) is 0. The van der Waals surface area contributed by atoms with Gasteiger partial charge in [0, 0.05) is 20.0 Å². The molecule has 2 rings (SSSR count). The Morgan fingerprint density at radius 2 is 2.08 bits per heavy atom. The first-order chi connectivity index (χ1) is 6.18. The molecule has 3 nitrogen and oxygen atoms in total. The number of rotatable bonds is 2. The number of nitrogens with zero attached hydrogens (tertiary/aromatic N) is 2. The van der Waals surface area contributed by atoms with Crippen molar-refractivity contribution in [3.8, 4) is 0 Å². The fourth-order valence-electron chi connectivity index (χ4n) is 1.52. The Kier molecular flexibility index (Phi) is 1.87. The van der Waals surface area contributed by atoms with Gasteiger partial charge in [0.25, 0.3) is 0 Å². The lowest BCUT2D eigenvalue weighted by Gasteiger charge is -2.16. The molecule has 0 aliphatic heterocycles. The Morgan fingerprint density at radius 3 is 2.62 bits per heavy atom. The average molecular weight is 177 g/mol. The van der Waals surface area contributed by atoms with E-state index < -0.39 is 0 Å². The second-order valence-corrected chi connectivity index (χ2v) is 3.81. The van der Waals surface area contributed by atoms with Crippen molar-refractivity contribution in [3.05, 3.63) is 17.8 Å². The molecule has 0 amide bonds. The topological polar surface area (TPSA) is 42.1 Å². The first-order valence-corrected chi connectivity index (χ1v) is 4.62. The van der Waals surface area contributed by atoms with E-state index in [1.807, 2.05) is 20.2 Å². The molecule has 13 heavy (non-hydrogen) atoms. The first-order valence-electron chi connectivity index (χ1n) is 4.62. The molecule has 1 aromatic heterocycles. The standard InChI is InChI=1S/C10H15N3/c1-13(2)8-5-6-9(11)12-10(8)7-3-4-7/h5-7H,3-4H2,1-2H3,(H2,11,12). The summed E-state index contributed by atoms with van der Waals surface area (Å²) in [5.41, 5.74) is 8.04. The van der Waals surface area contributed by atoms with Gasteiger partial charge in [-0.2, -0.15) is 0 Å². The van der Waals surface area contributed by atoms with Crippen LogP contribution in [0.5, 0.6) is 0 Å². The summed E-state index contributed by atoms with van der Waals surface area (Å²) in [5.74, 6) is 1.29. The monoisotopic (exact) mass is 177 g/mol. The molecule has 0 radical (unpaired) electrons. The van der Waals surface area contributed by atoms with Gasteiger partial charge in [-0.15, -0.1) is 0 Å². The number of hydrogen-bond acceptors (Lipinski definition) is 3. The Labute approximate surface area is 78.6 Å². The van der Waals surface area contributed by atoms with Crippen LogP contribution < -0.4 is 10.6 Å². The molecule has 0 aromatic carbocycles. The van der Waals surface area contributed by atoms with Crippen molar-refractivity contribution < 1.29 is 0 Å². The molecular formula is C10H15N3. The van der Waals surface area contributed by atoms with Gasteiger partial charge in [-0.3, -0.25) is 0 Å². The molecule has 0 atom stereocenters. The second kappa shape index (κ2) is 2.91. The number of nitrogens with two attached hydrogens (primary N) is 1. The minimum atomic E-state index is 0.632. The van der Waals surface area contributed by atoms with E-state index in [-0.39, 0.29) is 0 Å². The van der Waals surface area contributed by atoms with Crippen molar-refractivity contribution in [3.63, 3.8) is 0 Å². The first kappa shape index (κ1) is 8.35. The van der Waals surface area contributed by atoms with E-state index in [0.717, 1.165) is 0 Å². The van der Waals surface area contributed by atoms with Gasteiger partial charge in [0.2, 0.25) is 0 Å². The van der Waals surface area contributed by atoms with E-state index in [4.69, 9.17) is 5.73 Å². The van der Waals surface area contributed by atoms with Crippen LogP contribution in [0, 0.1) is 0 Å². The van der Waals surface area contributed by atoms with E-state index >= 15 is 0 Å². The lowest BCUT2D eigenvalue weighted by molar-refractivity contribution is 0.987. The number of aromatic nitrogens is 1. The zero-order valence-corrected chi connectivity index (χ0v) is 8.12. The molecule has 1 aromatic rings. The Morgan fingerprint density at radius 1 is 1.38 bits per heavy atom. The third-order valence-corrected chi connectivity index (χ3v) is 2.37. The zero-order chi connectivity index (χ0) is 9.42. The Bertz CT molecular complexity index is 316. The maximum Gasteiger partial charge on any atom is 0.123 e.